The summed E-state index contributed by atoms with van der Waals surface area (Å²) in [6.07, 6.45) is 4.35. The summed E-state index contributed by atoms with van der Waals surface area (Å²) in [5, 5.41) is 42.0. The molecule has 0 radical (unpaired) electrons. The van der Waals surface area contributed by atoms with Crippen LogP contribution in [0, 0.1) is 57.7 Å². The molecule has 7 fully saturated rings. The van der Waals surface area contributed by atoms with E-state index in [-0.39, 0.29) is 84.8 Å². The highest BCUT2D eigenvalue weighted by molar-refractivity contribution is 7.10. The normalized spacial score (nSPS) is 21.4. The van der Waals surface area contributed by atoms with Gasteiger partial charge >= 0.3 is 5.92 Å². The Hall–Kier alpha value is -10.2. The molecule has 14 rings (SSSR count). The van der Waals surface area contributed by atoms with E-state index >= 15 is 0 Å². The molecule has 0 unspecified atom stereocenters. The Kier molecular flexibility index (Phi) is 21.6. The number of hydrogen-bond donors (Lipinski definition) is 4. The van der Waals surface area contributed by atoms with Gasteiger partial charge in [-0.1, -0.05) is 48.5 Å². The molecular weight excluding hydrogens is 1290 g/mol. The Balaban J connectivity index is 0.000000142. The number of nitrogens with zero attached hydrogens (tertiary/aromatic N) is 5. The molecule has 3 aliphatic carbocycles. The largest absolute Gasteiger partial charge is 0.489 e. The number of nitrogens with one attached hydrogen (secondary N) is 4. The maximum absolute atomic E-state index is 15.0. The Morgan fingerprint density at radius 3 is 1.64 bits per heavy atom. The van der Waals surface area contributed by atoms with Gasteiger partial charge in [-0.2, -0.15) is 15.8 Å². The third-order valence-corrected chi connectivity index (χ3v) is 19.4. The maximum atomic E-state index is 15.0. The molecular formula is C75H71F4N9O10S. The first-order chi connectivity index (χ1) is 48.0. The third-order valence-electron chi connectivity index (χ3n) is 18.4. The number of benzene rings is 5. The standard InChI is InChI=1S/C27H26F2N4O4.C25H23N3O3S.C23H22F2N2O3/c28-27(29)15-33(26(36)21-7-9-24(34)32-21)11-10-23(27)37-22-8-6-18(12-19(22)14-30)17-2-1-3-20(13-17)31-25(35)16-4-5-16;26-15-18-12-16(3-4-22(18)31-19-6-9-30-10-7-19)17-5-8-27-24(13-17)28-25(29)21-14-20(21)23-2-1-11-32-23;24-22(25)19-12-20(19)23(28)27-17-3-1-2-14(11-17)15-4-5-21(16(10-15)13-26)30-18-6-8-29-9-7-18/h1-3,6,8,12-13,16,21,23H,4-5,7,9-11,15H2,(H,31,35)(H,32,34);1-5,8,11-13,19-21H,6-7,9-10,14H2,(H,27,28,29);1-5,10-11,18-20,22H,6-9,12H2,(H,27,28)/t21-,23-;20-,21-;19-,20-/m010/s1. The molecule has 19 nitrogen and oxygen atoms in total. The fourth-order valence-corrected chi connectivity index (χ4v) is 13.3. The zero-order valence-electron chi connectivity index (χ0n) is 53.8. The number of amides is 5. The van der Waals surface area contributed by atoms with E-state index in [1.807, 2.05) is 66.0 Å². The van der Waals surface area contributed by atoms with E-state index < -0.39 is 48.8 Å². The molecule has 6 heterocycles. The molecule has 7 aliphatic rings. The van der Waals surface area contributed by atoms with Crippen LogP contribution in [-0.2, 0) is 33.4 Å². The number of nitriles is 3. The van der Waals surface area contributed by atoms with E-state index in [4.69, 9.17) is 23.7 Å². The van der Waals surface area contributed by atoms with Crippen molar-refractivity contribution in [3.05, 3.63) is 161 Å². The van der Waals surface area contributed by atoms with Crippen molar-refractivity contribution in [3.8, 4) is 68.8 Å². The summed E-state index contributed by atoms with van der Waals surface area (Å²) in [6.45, 7) is 1.92. The van der Waals surface area contributed by atoms with Crippen LogP contribution in [0.15, 0.2) is 139 Å². The summed E-state index contributed by atoms with van der Waals surface area (Å²) in [4.78, 5) is 67.5. The van der Waals surface area contributed by atoms with Crippen molar-refractivity contribution in [1.82, 2.24) is 15.2 Å². The lowest BCUT2D eigenvalue weighted by Gasteiger charge is -2.39. The predicted molar refractivity (Wildman–Crippen MR) is 360 cm³/mol. The monoisotopic (exact) mass is 1370 g/mol. The van der Waals surface area contributed by atoms with Gasteiger partial charge in [0.25, 0.3) is 0 Å². The highest BCUT2D eigenvalue weighted by Crippen LogP contribution is 2.50. The van der Waals surface area contributed by atoms with Gasteiger partial charge in [0.05, 0.1) is 49.7 Å². The SMILES string of the molecule is N#Cc1cc(-c2cccc(NC(=O)C3CC3)c2)ccc1O[C@H]1CCN(C(=O)[C@@H]2CCC(=O)N2)CC1(F)F.N#Cc1cc(-c2cccc(NC(=O)[C@H]3C[C@@H]3C(F)F)c2)ccc1OC1CCOCC1.N#Cc1cc(-c2ccnc(NC(=O)[C@@H]3C[C@H]3c3cccs3)c2)ccc1OC1CCOCC1. The molecule has 4 N–H and O–H groups in total. The molecule has 99 heavy (non-hydrogen) atoms. The van der Waals surface area contributed by atoms with Gasteiger partial charge in [0.2, 0.25) is 36.0 Å². The second-order valence-corrected chi connectivity index (χ2v) is 26.5. The lowest BCUT2D eigenvalue weighted by molar-refractivity contribution is -0.161. The second-order valence-electron chi connectivity index (χ2n) is 25.5. The van der Waals surface area contributed by atoms with Gasteiger partial charge < -0.3 is 49.9 Å². The van der Waals surface area contributed by atoms with Crippen LogP contribution in [-0.4, -0.2) is 116 Å². The van der Waals surface area contributed by atoms with Crippen LogP contribution in [0.1, 0.15) is 98.1 Å². The van der Waals surface area contributed by atoms with Gasteiger partial charge in [-0.25, -0.2) is 22.5 Å². The van der Waals surface area contributed by atoms with Crippen molar-refractivity contribution in [2.75, 3.05) is 55.5 Å². The van der Waals surface area contributed by atoms with Crippen LogP contribution in [0.2, 0.25) is 0 Å². The van der Waals surface area contributed by atoms with Crippen LogP contribution in [0.25, 0.3) is 33.4 Å². The highest BCUT2D eigenvalue weighted by Gasteiger charge is 2.50. The number of piperidine rings is 1. The summed E-state index contributed by atoms with van der Waals surface area (Å²) in [6, 6.07) is 43.6. The number of carbonyl (C=O) groups excluding carboxylic acids is 5. The Bertz CT molecular complexity index is 4260. The molecule has 5 aromatic carbocycles. The number of alkyl halides is 4. The molecule has 6 atom stereocenters. The minimum absolute atomic E-state index is 0.00548. The van der Waals surface area contributed by atoms with Crippen molar-refractivity contribution in [1.29, 1.82) is 15.8 Å². The van der Waals surface area contributed by atoms with Crippen molar-refractivity contribution >= 4 is 58.1 Å². The second kappa shape index (κ2) is 31.1. The quantitative estimate of drug-likeness (QED) is 0.0582. The average molecular weight is 1370 g/mol. The molecule has 0 bridgehead atoms. The first kappa shape index (κ1) is 68.7. The Morgan fingerprint density at radius 2 is 1.14 bits per heavy atom. The molecule has 0 spiro atoms. The number of likely N-dealkylation sites (tertiary alicyclic amines) is 1. The number of hydrogen-bond acceptors (Lipinski definition) is 15. The number of thiophene rings is 1. The van der Waals surface area contributed by atoms with Crippen LogP contribution < -0.4 is 35.5 Å². The van der Waals surface area contributed by atoms with Crippen molar-refractivity contribution < 1.29 is 65.2 Å². The Labute approximate surface area is 573 Å². The van der Waals surface area contributed by atoms with Crippen LogP contribution in [0.3, 0.4) is 0 Å². The maximum Gasteiger partial charge on any atom is 0.301 e. The minimum Gasteiger partial charge on any atom is -0.489 e. The fraction of sp³-hybridized carbons (Fsp3) is 0.373. The smallest absolute Gasteiger partial charge is 0.301 e. The molecule has 4 aliphatic heterocycles. The summed E-state index contributed by atoms with van der Waals surface area (Å²) in [5.41, 5.74) is 7.03. The lowest BCUT2D eigenvalue weighted by atomic mass is 10.0. The van der Waals surface area contributed by atoms with Crippen molar-refractivity contribution in [2.45, 2.75) is 113 Å². The summed E-state index contributed by atoms with van der Waals surface area (Å²) in [5.74, 6) is -3.87. The first-order valence-corrected chi connectivity index (χ1v) is 34.0. The first-order valence-electron chi connectivity index (χ1n) is 33.1. The molecule has 5 amide bonds. The molecule has 510 valence electrons. The van der Waals surface area contributed by atoms with Gasteiger partial charge in [0, 0.05) is 97.1 Å². The number of rotatable bonds is 18. The van der Waals surface area contributed by atoms with Crippen LogP contribution in [0.4, 0.5) is 34.8 Å². The number of aromatic nitrogens is 1. The van der Waals surface area contributed by atoms with Crippen molar-refractivity contribution in [3.63, 3.8) is 0 Å². The third kappa shape index (κ3) is 17.6. The number of ether oxygens (including phenoxy) is 5. The van der Waals surface area contributed by atoms with Crippen LogP contribution in [0.5, 0.6) is 17.2 Å². The minimum atomic E-state index is -3.34. The topological polar surface area (TPSA) is 267 Å². The number of carbonyl (C=O) groups is 5. The predicted octanol–water partition coefficient (Wildman–Crippen LogP) is 13.1. The summed E-state index contributed by atoms with van der Waals surface area (Å²) >= 11 is 1.70. The van der Waals surface area contributed by atoms with E-state index in [0.29, 0.717) is 84.1 Å². The lowest BCUT2D eigenvalue weighted by Crippen LogP contribution is -2.58. The molecule has 7 aromatic rings. The van der Waals surface area contributed by atoms with Crippen LogP contribution >= 0.6 is 11.3 Å². The summed E-state index contributed by atoms with van der Waals surface area (Å²) < 4.78 is 83.7. The number of pyridine rings is 1. The molecule has 2 aromatic heterocycles. The van der Waals surface area contributed by atoms with E-state index in [2.05, 4.69) is 44.5 Å². The van der Waals surface area contributed by atoms with Gasteiger partial charge in [-0.15, -0.1) is 11.3 Å². The molecule has 4 saturated heterocycles. The number of anilines is 3. The fourth-order valence-electron chi connectivity index (χ4n) is 12.4. The van der Waals surface area contributed by atoms with E-state index in [0.717, 1.165) is 77.7 Å². The zero-order chi connectivity index (χ0) is 69.2. The van der Waals surface area contributed by atoms with Gasteiger partial charge in [0.1, 0.15) is 59.5 Å². The van der Waals surface area contributed by atoms with E-state index in [1.165, 1.54) is 10.9 Å². The number of halogens is 4. The Morgan fingerprint density at radius 1 is 0.606 bits per heavy atom. The van der Waals surface area contributed by atoms with Gasteiger partial charge in [0.15, 0.2) is 6.10 Å². The van der Waals surface area contributed by atoms with Crippen molar-refractivity contribution in [2.24, 2.45) is 23.7 Å². The zero-order valence-corrected chi connectivity index (χ0v) is 54.6. The summed E-state index contributed by atoms with van der Waals surface area (Å²) in [7, 11) is 0. The molecule has 3 saturated carbocycles. The average Bonchev–Trinajstić information content (AvgIpc) is 1.01. The molecule has 24 heteroatoms. The van der Waals surface area contributed by atoms with E-state index in [9.17, 15) is 57.3 Å². The van der Waals surface area contributed by atoms with E-state index in [1.54, 1.807) is 78.2 Å². The van der Waals surface area contributed by atoms with Gasteiger partial charge in [-0.3, -0.25) is 24.0 Å². The highest BCUT2D eigenvalue weighted by atomic mass is 32.1. The van der Waals surface area contributed by atoms with Gasteiger partial charge in [-0.05, 0) is 150 Å².